The van der Waals surface area contributed by atoms with E-state index in [4.69, 9.17) is 14.2 Å². The predicted octanol–water partition coefficient (Wildman–Crippen LogP) is -15.4. The zero-order valence-electron chi connectivity index (χ0n) is 23.9. The molecule has 236 valence electrons. The second kappa shape index (κ2) is 18.3. The number of aliphatic carboxylic acids is 2. The van der Waals surface area contributed by atoms with Crippen LogP contribution in [-0.4, -0.2) is 150 Å². The smallest absolute Gasteiger partial charge is 0.544 e. The van der Waals surface area contributed by atoms with Crippen molar-refractivity contribution >= 4 is 23.8 Å². The van der Waals surface area contributed by atoms with Crippen molar-refractivity contribution in [2.45, 2.75) is 99.2 Å². The van der Waals surface area contributed by atoms with Gasteiger partial charge in [0.05, 0.1) is 37.5 Å². The Kier molecular flexibility index (Phi) is 18.6. The first-order chi connectivity index (χ1) is 18.9. The molecule has 12 atom stereocenters. The van der Waals surface area contributed by atoms with Crippen molar-refractivity contribution in [2.75, 3.05) is 13.2 Å². The van der Waals surface area contributed by atoms with Crippen molar-refractivity contribution in [3.05, 3.63) is 0 Å². The third kappa shape index (κ3) is 10.9. The summed E-state index contributed by atoms with van der Waals surface area (Å²) in [5.41, 5.74) is 0. The predicted molar refractivity (Wildman–Crippen MR) is 121 cm³/mol. The Morgan fingerprint density at radius 1 is 0.837 bits per heavy atom. The van der Waals surface area contributed by atoms with E-state index in [1.807, 2.05) is 0 Å². The van der Waals surface area contributed by atoms with Crippen molar-refractivity contribution in [3.63, 3.8) is 0 Å². The van der Waals surface area contributed by atoms with E-state index in [0.29, 0.717) is 0 Å². The van der Waals surface area contributed by atoms with E-state index in [1.54, 1.807) is 0 Å². The molecule has 2 heterocycles. The maximum atomic E-state index is 12.1. The topological polar surface area (TPSA) is 328 Å². The van der Waals surface area contributed by atoms with Crippen LogP contribution in [0.1, 0.15) is 26.7 Å². The normalized spacial score (nSPS) is 35.1. The molecule has 2 aliphatic rings. The second-order valence-corrected chi connectivity index (χ2v) is 9.88. The number of hydrogen-bond donors (Lipinski definition) is 10. The second-order valence-electron chi connectivity index (χ2n) is 9.88. The molecule has 0 saturated carbocycles. The van der Waals surface area contributed by atoms with Gasteiger partial charge in [0, 0.05) is 26.7 Å². The number of hydrogen-bond acceptors (Lipinski definition) is 17. The molecule has 0 radical (unpaired) electrons. The number of carbonyl (C=O) groups excluding carboxylic acids is 4. The van der Waals surface area contributed by atoms with E-state index < -0.39 is 122 Å². The molecule has 19 nitrogen and oxygen atoms in total. The van der Waals surface area contributed by atoms with Crippen LogP contribution in [0.15, 0.2) is 0 Å². The number of carbonyl (C=O) groups is 4. The molecule has 2 fully saturated rings. The summed E-state index contributed by atoms with van der Waals surface area (Å²) in [6.07, 6.45) is -18.3. The number of carboxylic acids is 2. The SMILES string of the molecule is CC(=O)N[C@H]1C([C@H](O)[C@H](O)CO)O[C@@](OC[C@@H](O)[C@@H](O)C2O[C@](O)(C(=O)[O-])C[C@H](O)[C@H]2NC(C)=O)(C(=O)[O-])C[C@@H]1O.[K+].[K+]. The Morgan fingerprint density at radius 2 is 1.28 bits per heavy atom. The Balaban J connectivity index is 0.00000882. The summed E-state index contributed by atoms with van der Waals surface area (Å²) in [6, 6.07) is -3.13. The molecule has 0 aliphatic carbocycles. The molecule has 2 amide bonds. The Labute approximate surface area is 329 Å². The fraction of sp³-hybridized carbons (Fsp3) is 0.818. The van der Waals surface area contributed by atoms with Crippen molar-refractivity contribution in [2.24, 2.45) is 0 Å². The standard InChI is InChI=1S/C22H36N2O17.2K/c1-7(26)23-13-9(28)3-21(38,19(34)35)40-17(13)16(33)12(31)6-39-22(20(36)37)4-10(29)14(24-8(2)27)18(41-22)15(32)11(30)5-25;;/h9-18,25,28-33,38H,3-6H2,1-2H3,(H,23,26)(H,24,27)(H,34,35)(H,36,37);;/q;2*+1/p-2/t9-,10-,11+,12+,13+,14+,15+,16+,17?,18?,21-,22+;;/m0../s1. The minimum atomic E-state index is -3.17. The van der Waals surface area contributed by atoms with E-state index in [0.717, 1.165) is 13.8 Å². The molecule has 2 unspecified atom stereocenters. The van der Waals surface area contributed by atoms with Crippen molar-refractivity contribution < 1.29 is 187 Å². The third-order valence-corrected chi connectivity index (χ3v) is 6.66. The van der Waals surface area contributed by atoms with Crippen LogP contribution < -0.4 is 124 Å². The monoisotopic (exact) mass is 676 g/mol. The number of rotatable bonds is 12. The zero-order chi connectivity index (χ0) is 31.4. The van der Waals surface area contributed by atoms with Gasteiger partial charge in [-0.1, -0.05) is 0 Å². The zero-order valence-corrected chi connectivity index (χ0v) is 30.1. The summed E-state index contributed by atoms with van der Waals surface area (Å²) in [5, 5.41) is 110. The van der Waals surface area contributed by atoms with Crippen LogP contribution in [0.3, 0.4) is 0 Å². The maximum Gasteiger partial charge on any atom is 1.00 e. The summed E-state index contributed by atoms with van der Waals surface area (Å²) >= 11 is 0. The minimum absolute atomic E-state index is 0. The fourth-order valence-electron chi connectivity index (χ4n) is 4.61. The van der Waals surface area contributed by atoms with Gasteiger partial charge in [-0.15, -0.1) is 0 Å². The van der Waals surface area contributed by atoms with Crippen LogP contribution in [0, 0.1) is 0 Å². The van der Waals surface area contributed by atoms with E-state index in [9.17, 15) is 70.2 Å². The first kappa shape index (κ1) is 43.7. The van der Waals surface area contributed by atoms with Gasteiger partial charge in [0.25, 0.3) is 0 Å². The summed E-state index contributed by atoms with van der Waals surface area (Å²) in [4.78, 5) is 46.7. The number of amides is 2. The van der Waals surface area contributed by atoms with Crippen molar-refractivity contribution in [3.8, 4) is 0 Å². The van der Waals surface area contributed by atoms with Gasteiger partial charge in [0.2, 0.25) is 23.4 Å². The maximum absolute atomic E-state index is 12.1. The number of ether oxygens (including phenoxy) is 3. The fourth-order valence-corrected chi connectivity index (χ4v) is 4.61. The van der Waals surface area contributed by atoms with E-state index in [2.05, 4.69) is 10.6 Å². The number of aliphatic hydroxyl groups is 8. The summed E-state index contributed by atoms with van der Waals surface area (Å²) < 4.78 is 15.4. The molecule has 10 N–H and O–H groups in total. The Morgan fingerprint density at radius 3 is 1.70 bits per heavy atom. The third-order valence-electron chi connectivity index (χ3n) is 6.66. The van der Waals surface area contributed by atoms with Gasteiger partial charge in [0.15, 0.2) is 0 Å². The Bertz CT molecular complexity index is 980. The molecule has 0 aromatic rings. The molecule has 0 aromatic heterocycles. The summed E-state index contributed by atoms with van der Waals surface area (Å²) in [6.45, 7) is -0.246. The quantitative estimate of drug-likeness (QED) is 0.0858. The molecule has 21 heteroatoms. The molecule has 2 aliphatic heterocycles. The van der Waals surface area contributed by atoms with Crippen molar-refractivity contribution in [1.29, 1.82) is 0 Å². The van der Waals surface area contributed by atoms with Gasteiger partial charge in [-0.2, -0.15) is 0 Å². The molecule has 2 rings (SSSR count). The summed E-state index contributed by atoms with van der Waals surface area (Å²) in [5.74, 6) is -12.1. The molecule has 43 heavy (non-hydrogen) atoms. The minimum Gasteiger partial charge on any atom is -0.544 e. The number of aliphatic hydroxyl groups excluding tert-OH is 7. The average molecular weight is 677 g/mol. The molecule has 0 spiro atoms. The van der Waals surface area contributed by atoms with Gasteiger partial charge < -0.3 is 85.5 Å². The van der Waals surface area contributed by atoms with E-state index >= 15 is 0 Å². The molecule has 2 saturated heterocycles. The first-order valence-corrected chi connectivity index (χ1v) is 12.3. The van der Waals surface area contributed by atoms with Gasteiger partial charge in [-0.25, -0.2) is 0 Å². The van der Waals surface area contributed by atoms with Crippen LogP contribution in [0.4, 0.5) is 0 Å². The van der Waals surface area contributed by atoms with E-state index in [-0.39, 0.29) is 103 Å². The van der Waals surface area contributed by atoms with Gasteiger partial charge in [-0.05, 0) is 0 Å². The summed E-state index contributed by atoms with van der Waals surface area (Å²) in [7, 11) is 0. The Hall–Kier alpha value is 0.713. The molecule has 0 bridgehead atoms. The van der Waals surface area contributed by atoms with Crippen LogP contribution in [0.25, 0.3) is 0 Å². The van der Waals surface area contributed by atoms with Crippen LogP contribution >= 0.6 is 0 Å². The van der Waals surface area contributed by atoms with Crippen LogP contribution in [0.5, 0.6) is 0 Å². The van der Waals surface area contributed by atoms with Gasteiger partial charge in [-0.3, -0.25) is 9.59 Å². The van der Waals surface area contributed by atoms with Gasteiger partial charge in [0.1, 0.15) is 48.6 Å². The van der Waals surface area contributed by atoms with Crippen LogP contribution in [0.2, 0.25) is 0 Å². The molecular weight excluding hydrogens is 642 g/mol. The van der Waals surface area contributed by atoms with Gasteiger partial charge >= 0.3 is 103 Å². The molecular formula is C22H34K2N2O17. The van der Waals surface area contributed by atoms with Crippen molar-refractivity contribution in [1.82, 2.24) is 10.6 Å². The largest absolute Gasteiger partial charge is 1.00 e. The number of carboxylic acid groups (broad SMARTS) is 2. The van der Waals surface area contributed by atoms with E-state index in [1.165, 1.54) is 0 Å². The molecule has 0 aromatic carbocycles. The number of nitrogens with one attached hydrogen (secondary N) is 2. The van der Waals surface area contributed by atoms with Crippen LogP contribution in [-0.2, 0) is 33.4 Å². The average Bonchev–Trinajstić information content (AvgIpc) is 2.88. The first-order valence-electron chi connectivity index (χ1n) is 12.3.